The van der Waals surface area contributed by atoms with Crippen molar-refractivity contribution in [2.45, 2.75) is 6.92 Å². The quantitative estimate of drug-likeness (QED) is 0.733. The molecule has 0 aliphatic carbocycles. The molecule has 0 amide bonds. The van der Waals surface area contributed by atoms with Crippen molar-refractivity contribution in [1.29, 1.82) is 0 Å². The monoisotopic (exact) mass is 319 g/mol. The van der Waals surface area contributed by atoms with Gasteiger partial charge in [-0.2, -0.15) is 4.68 Å². The first-order chi connectivity index (χ1) is 10.1. The number of aromatic nitrogens is 4. The Hall–Kier alpha value is -2.11. The molecule has 2 N–H and O–H groups in total. The summed E-state index contributed by atoms with van der Waals surface area (Å²) in [6, 6.07) is 10.8. The van der Waals surface area contributed by atoms with Gasteiger partial charge in [-0.05, 0) is 59.3 Å². The minimum Gasteiger partial charge on any atom is -0.399 e. The average Bonchev–Trinajstić information content (AvgIpc) is 2.93. The first-order valence-corrected chi connectivity index (χ1v) is 6.92. The van der Waals surface area contributed by atoms with E-state index in [1.54, 1.807) is 28.9 Å². The van der Waals surface area contributed by atoms with Gasteiger partial charge in [0, 0.05) is 16.3 Å². The second kappa shape index (κ2) is 5.35. The molecule has 3 rings (SSSR count). The molecule has 2 aromatic carbocycles. The number of anilines is 1. The van der Waals surface area contributed by atoms with Crippen LogP contribution in [0.15, 0.2) is 36.4 Å². The Morgan fingerprint density at radius 1 is 1.05 bits per heavy atom. The highest BCUT2D eigenvalue weighted by Gasteiger charge is 2.14. The van der Waals surface area contributed by atoms with Crippen molar-refractivity contribution in [3.05, 3.63) is 52.0 Å². The first-order valence-electron chi connectivity index (χ1n) is 6.16. The third-order valence-electron chi connectivity index (χ3n) is 3.09. The van der Waals surface area contributed by atoms with E-state index < -0.39 is 0 Å². The molecule has 7 heteroatoms. The number of halogens is 2. The summed E-state index contributed by atoms with van der Waals surface area (Å²) in [7, 11) is 0. The third-order valence-corrected chi connectivity index (χ3v) is 3.80. The minimum atomic E-state index is 0.529. The van der Waals surface area contributed by atoms with Gasteiger partial charge in [0.1, 0.15) is 0 Å². The molecule has 0 aliphatic heterocycles. The molecule has 0 bridgehead atoms. The van der Waals surface area contributed by atoms with E-state index in [-0.39, 0.29) is 0 Å². The zero-order valence-corrected chi connectivity index (χ0v) is 12.6. The van der Waals surface area contributed by atoms with Crippen molar-refractivity contribution in [1.82, 2.24) is 20.2 Å². The van der Waals surface area contributed by atoms with Gasteiger partial charge in [-0.25, -0.2) is 0 Å². The Labute approximate surface area is 131 Å². The van der Waals surface area contributed by atoms with Crippen LogP contribution in [0.4, 0.5) is 5.69 Å². The zero-order valence-electron chi connectivity index (χ0n) is 11.1. The maximum absolute atomic E-state index is 6.28. The lowest BCUT2D eigenvalue weighted by Crippen LogP contribution is -2.01. The Morgan fingerprint density at radius 2 is 1.76 bits per heavy atom. The molecule has 0 unspecified atom stereocenters. The molecule has 1 aromatic heterocycles. The van der Waals surface area contributed by atoms with Gasteiger partial charge in [0.25, 0.3) is 0 Å². The van der Waals surface area contributed by atoms with Gasteiger partial charge in [-0.3, -0.25) is 0 Å². The van der Waals surface area contributed by atoms with Crippen LogP contribution in [0, 0.1) is 6.92 Å². The second-order valence-corrected chi connectivity index (χ2v) is 5.40. The number of hydrogen-bond donors (Lipinski definition) is 1. The van der Waals surface area contributed by atoms with E-state index in [1.165, 1.54) is 0 Å². The molecule has 0 radical (unpaired) electrons. The van der Waals surface area contributed by atoms with Crippen LogP contribution < -0.4 is 5.73 Å². The summed E-state index contributed by atoms with van der Waals surface area (Å²) in [4.78, 5) is 0. The van der Waals surface area contributed by atoms with Crippen LogP contribution in [0.3, 0.4) is 0 Å². The van der Waals surface area contributed by atoms with Gasteiger partial charge >= 0.3 is 0 Å². The molecular formula is C14H11Cl2N5. The lowest BCUT2D eigenvalue weighted by Gasteiger charge is -2.09. The van der Waals surface area contributed by atoms with E-state index >= 15 is 0 Å². The SMILES string of the molecule is Cc1cc(Cl)c(-n2nnnc2-c2ccc(N)cc2)cc1Cl. The Balaban J connectivity index is 2.15. The summed E-state index contributed by atoms with van der Waals surface area (Å²) in [5, 5.41) is 12.9. The van der Waals surface area contributed by atoms with Gasteiger partial charge < -0.3 is 5.73 Å². The Kier molecular flexibility index (Phi) is 3.53. The molecule has 106 valence electrons. The molecule has 5 nitrogen and oxygen atoms in total. The molecule has 0 saturated heterocycles. The van der Waals surface area contributed by atoms with Crippen LogP contribution in [-0.4, -0.2) is 20.2 Å². The molecule has 1 heterocycles. The number of nitrogen functional groups attached to an aromatic ring is 1. The van der Waals surface area contributed by atoms with Gasteiger partial charge in [-0.15, -0.1) is 5.10 Å². The van der Waals surface area contributed by atoms with Crippen LogP contribution in [-0.2, 0) is 0 Å². The number of nitrogens with two attached hydrogens (primary N) is 1. The predicted octanol–water partition coefficient (Wildman–Crippen LogP) is 3.53. The average molecular weight is 320 g/mol. The smallest absolute Gasteiger partial charge is 0.187 e. The molecule has 0 fully saturated rings. The highest BCUT2D eigenvalue weighted by molar-refractivity contribution is 6.35. The summed E-state index contributed by atoms with van der Waals surface area (Å²) < 4.78 is 1.55. The standard InChI is InChI=1S/C14H11Cl2N5/c1-8-6-12(16)13(7-11(8)15)21-14(18-19-20-21)9-2-4-10(17)5-3-9/h2-7H,17H2,1H3. The van der Waals surface area contributed by atoms with E-state index in [4.69, 9.17) is 28.9 Å². The van der Waals surface area contributed by atoms with Crippen molar-refractivity contribution in [2.75, 3.05) is 5.73 Å². The van der Waals surface area contributed by atoms with Gasteiger partial charge in [0.05, 0.1) is 10.7 Å². The maximum atomic E-state index is 6.28. The fraction of sp³-hybridized carbons (Fsp3) is 0.0714. The highest BCUT2D eigenvalue weighted by Crippen LogP contribution is 2.29. The molecule has 0 saturated carbocycles. The van der Waals surface area contributed by atoms with Gasteiger partial charge in [0.15, 0.2) is 5.82 Å². The van der Waals surface area contributed by atoms with Gasteiger partial charge in [0.2, 0.25) is 0 Å². The molecule has 0 aliphatic rings. The van der Waals surface area contributed by atoms with Crippen molar-refractivity contribution in [3.63, 3.8) is 0 Å². The molecule has 0 atom stereocenters. The van der Waals surface area contributed by atoms with Crippen LogP contribution >= 0.6 is 23.2 Å². The van der Waals surface area contributed by atoms with E-state index in [1.807, 2.05) is 19.1 Å². The van der Waals surface area contributed by atoms with Crippen LogP contribution in [0.5, 0.6) is 0 Å². The summed E-state index contributed by atoms with van der Waals surface area (Å²) in [5.74, 6) is 0.566. The predicted molar refractivity (Wildman–Crippen MR) is 83.8 cm³/mol. The largest absolute Gasteiger partial charge is 0.399 e. The number of tetrazole rings is 1. The van der Waals surface area contributed by atoms with Crippen LogP contribution in [0.1, 0.15) is 5.56 Å². The van der Waals surface area contributed by atoms with Crippen molar-refractivity contribution < 1.29 is 0 Å². The maximum Gasteiger partial charge on any atom is 0.187 e. The Morgan fingerprint density at radius 3 is 2.48 bits per heavy atom. The lowest BCUT2D eigenvalue weighted by molar-refractivity contribution is 0.791. The van der Waals surface area contributed by atoms with Crippen molar-refractivity contribution in [3.8, 4) is 17.1 Å². The normalized spacial score (nSPS) is 10.8. The third kappa shape index (κ3) is 2.57. The fourth-order valence-corrected chi connectivity index (χ4v) is 2.42. The minimum absolute atomic E-state index is 0.529. The van der Waals surface area contributed by atoms with E-state index in [9.17, 15) is 0 Å². The molecule has 21 heavy (non-hydrogen) atoms. The summed E-state index contributed by atoms with van der Waals surface area (Å²) in [5.41, 5.74) is 8.73. The number of rotatable bonds is 2. The molecular weight excluding hydrogens is 309 g/mol. The summed E-state index contributed by atoms with van der Waals surface area (Å²) in [6.07, 6.45) is 0. The van der Waals surface area contributed by atoms with Gasteiger partial charge in [-0.1, -0.05) is 23.2 Å². The van der Waals surface area contributed by atoms with Crippen LogP contribution in [0.2, 0.25) is 10.0 Å². The van der Waals surface area contributed by atoms with Crippen molar-refractivity contribution >= 4 is 28.9 Å². The summed E-state index contributed by atoms with van der Waals surface area (Å²) >= 11 is 12.4. The zero-order chi connectivity index (χ0) is 15.0. The number of aryl methyl sites for hydroxylation is 1. The number of benzene rings is 2. The topological polar surface area (TPSA) is 69.6 Å². The number of hydrogen-bond acceptors (Lipinski definition) is 4. The first kappa shape index (κ1) is 13.9. The van der Waals surface area contributed by atoms with Crippen molar-refractivity contribution in [2.24, 2.45) is 0 Å². The van der Waals surface area contributed by atoms with Crippen LogP contribution in [0.25, 0.3) is 17.1 Å². The van der Waals surface area contributed by atoms with E-state index in [2.05, 4.69) is 15.5 Å². The fourth-order valence-electron chi connectivity index (χ4n) is 1.96. The summed E-state index contributed by atoms with van der Waals surface area (Å²) in [6.45, 7) is 1.89. The Bertz CT molecular complexity index is 796. The second-order valence-electron chi connectivity index (χ2n) is 4.59. The lowest BCUT2D eigenvalue weighted by atomic mass is 10.2. The van der Waals surface area contributed by atoms with E-state index in [0.717, 1.165) is 11.1 Å². The molecule has 3 aromatic rings. The molecule has 0 spiro atoms. The highest BCUT2D eigenvalue weighted by atomic mass is 35.5. The van der Waals surface area contributed by atoms with E-state index in [0.29, 0.717) is 27.2 Å². The number of nitrogens with zero attached hydrogens (tertiary/aromatic N) is 4.